The van der Waals surface area contributed by atoms with Crippen LogP contribution in [0.5, 0.6) is 12.0 Å². The van der Waals surface area contributed by atoms with Gasteiger partial charge in [-0.25, -0.2) is 29.3 Å². The van der Waals surface area contributed by atoms with Gasteiger partial charge < -0.3 is 59.6 Å². The topological polar surface area (TPSA) is 360 Å². The van der Waals surface area contributed by atoms with Crippen LogP contribution in [0.3, 0.4) is 0 Å². The van der Waals surface area contributed by atoms with Crippen molar-refractivity contribution < 1.29 is 92.1 Å². The summed E-state index contributed by atoms with van der Waals surface area (Å²) in [5.74, 6) is 0.873. The van der Waals surface area contributed by atoms with Gasteiger partial charge in [0.05, 0.1) is 26.3 Å². The van der Waals surface area contributed by atoms with Crippen molar-refractivity contribution in [3.63, 3.8) is 0 Å². The summed E-state index contributed by atoms with van der Waals surface area (Å²) in [7, 11) is 4.32. The molecule has 0 unspecified atom stereocenters. The van der Waals surface area contributed by atoms with Crippen LogP contribution in [0.4, 0.5) is 34.9 Å². The number of unbranched alkanes of at least 4 members (excludes halogenated alkanes) is 2. The van der Waals surface area contributed by atoms with E-state index in [1.54, 1.807) is 30.6 Å². The second-order valence-corrected chi connectivity index (χ2v) is 17.7. The zero-order chi connectivity index (χ0) is 60.4. The number of Topliss-reactive ketones (excluding diaryl/α,β-unsaturated/α-hetero) is 2. The van der Waals surface area contributed by atoms with Gasteiger partial charge in [0.2, 0.25) is 5.97 Å². The number of aromatic nitrogens is 6. The molecule has 0 saturated carbocycles. The fraction of sp³-hybridized carbons (Fsp3) is 0.339. The van der Waals surface area contributed by atoms with Crippen molar-refractivity contribution >= 4 is 84.7 Å². The summed E-state index contributed by atoms with van der Waals surface area (Å²) in [4.78, 5) is 111. The number of anilines is 6. The van der Waals surface area contributed by atoms with E-state index in [9.17, 15) is 28.8 Å². The molecule has 3 radical (unpaired) electrons. The van der Waals surface area contributed by atoms with Crippen LogP contribution in [0.1, 0.15) is 105 Å². The molecule has 8 N–H and O–H groups in total. The van der Waals surface area contributed by atoms with Crippen LogP contribution in [0.25, 0.3) is 0 Å². The number of rotatable bonds is 16. The maximum Gasteiger partial charge on any atom is 1.00 e. The second kappa shape index (κ2) is 38.8. The van der Waals surface area contributed by atoms with Gasteiger partial charge in [0.1, 0.15) is 41.2 Å². The summed E-state index contributed by atoms with van der Waals surface area (Å²) >= 11 is 0. The Morgan fingerprint density at radius 1 is 0.651 bits per heavy atom. The fourth-order valence-electron chi connectivity index (χ4n) is 7.08. The third-order valence-electron chi connectivity index (χ3n) is 10.6. The van der Waals surface area contributed by atoms with Crippen LogP contribution in [-0.4, -0.2) is 111 Å². The van der Waals surface area contributed by atoms with Crippen molar-refractivity contribution in [2.24, 2.45) is 0 Å². The van der Waals surface area contributed by atoms with Crippen molar-refractivity contribution in [3.05, 3.63) is 131 Å². The minimum atomic E-state index is -0.833. The number of ether oxygens (including phenoxy) is 2. The predicted octanol–water partition coefficient (Wildman–Crippen LogP) is 2.98. The minimum Gasteiger partial charge on any atom is -0.793 e. The SMILES string of the molecule is CC(=O)O.CC(=O)OOC(C)=O.CCCCOc1nc(N)c2c(n1)N(Cc1cccc(C=O)c1)CC(=O)C2.CCCCOc1nc(N)c2c(n1)N(Cc1cccc(CNc3ccccn3)c1)CC(=O)C2.Nc1ccccn1.[B-]OC(C)=O.[Na+]. The first-order valence-electron chi connectivity index (χ1n) is 25.7. The van der Waals surface area contributed by atoms with E-state index in [-0.39, 0.29) is 84.9 Å². The molecule has 8 rings (SSSR count). The van der Waals surface area contributed by atoms with Gasteiger partial charge in [-0.15, -0.1) is 0 Å². The Morgan fingerprint density at radius 3 is 1.51 bits per heavy atom. The van der Waals surface area contributed by atoms with Crippen molar-refractivity contribution in [1.29, 1.82) is 0 Å². The molecule has 25 nitrogen and oxygen atoms in total. The number of nitrogens with two attached hydrogens (primary N) is 3. The molecular weight excluding hydrogens is 1080 g/mol. The van der Waals surface area contributed by atoms with E-state index >= 15 is 0 Å². The normalized spacial score (nSPS) is 11.4. The maximum absolute atomic E-state index is 12.4. The largest absolute Gasteiger partial charge is 1.00 e. The number of benzene rings is 2. The second-order valence-electron chi connectivity index (χ2n) is 17.7. The zero-order valence-electron chi connectivity index (χ0n) is 47.7. The predicted molar refractivity (Wildman–Crippen MR) is 306 cm³/mol. The Labute approximate surface area is 505 Å². The van der Waals surface area contributed by atoms with Gasteiger partial charge in [-0.1, -0.05) is 81.3 Å². The average Bonchev–Trinajstić information content (AvgIpc) is 2.85. The summed E-state index contributed by atoms with van der Waals surface area (Å²) in [6, 6.07) is 27.2. The number of ketones is 2. The number of pyridine rings is 2. The molecule has 2 aliphatic rings. The number of fused-ring (bicyclic) bond motifs is 2. The summed E-state index contributed by atoms with van der Waals surface area (Å²) in [5.41, 5.74) is 22.5. The number of aliphatic carboxylic acids is 1. The number of carboxylic acids is 1. The molecule has 2 aromatic carbocycles. The van der Waals surface area contributed by atoms with Gasteiger partial charge in [0.15, 0.2) is 11.6 Å². The monoisotopic (exact) mass is 1150 g/mol. The van der Waals surface area contributed by atoms with Gasteiger partial charge in [-0.2, -0.15) is 19.9 Å². The van der Waals surface area contributed by atoms with Gasteiger partial charge >= 0.3 is 53.5 Å². The molecule has 0 spiro atoms. The van der Waals surface area contributed by atoms with Crippen molar-refractivity contribution in [2.45, 2.75) is 99.7 Å². The van der Waals surface area contributed by atoms with Crippen molar-refractivity contribution in [3.8, 4) is 12.0 Å². The summed E-state index contributed by atoms with van der Waals surface area (Å²) in [6.07, 6.45) is 8.55. The maximum atomic E-state index is 12.4. The Bertz CT molecular complexity index is 3010. The summed E-state index contributed by atoms with van der Waals surface area (Å²) < 4.78 is 14.9. The van der Waals surface area contributed by atoms with E-state index in [0.29, 0.717) is 72.8 Å². The fourth-order valence-corrected chi connectivity index (χ4v) is 7.08. The molecule has 0 atom stereocenters. The number of carbonyl (C=O) groups excluding carboxylic acids is 6. The van der Waals surface area contributed by atoms with E-state index in [0.717, 1.165) is 75.2 Å². The van der Waals surface area contributed by atoms with E-state index in [1.165, 1.54) is 6.92 Å². The Kier molecular flexibility index (Phi) is 32.9. The van der Waals surface area contributed by atoms with Crippen LogP contribution in [0, 0.1) is 0 Å². The van der Waals surface area contributed by atoms with E-state index in [2.05, 4.69) is 83.7 Å². The number of nitrogen functional groups attached to an aromatic ring is 3. The number of carboxylic acid groups (broad SMARTS) is 1. The van der Waals surface area contributed by atoms with Crippen molar-refractivity contribution in [1.82, 2.24) is 29.9 Å². The van der Waals surface area contributed by atoms with Gasteiger partial charge in [0.25, 0.3) is 5.97 Å². The first-order chi connectivity index (χ1) is 39.2. The molecule has 0 fully saturated rings. The number of carbonyl (C=O) groups is 7. The van der Waals surface area contributed by atoms with Gasteiger partial charge in [-0.3, -0.25) is 24.0 Å². The van der Waals surface area contributed by atoms with E-state index < -0.39 is 23.9 Å². The molecule has 4 aromatic heterocycles. The standard InChI is InChI=1S/C24H28N6O2.C19H22N4O3.C5H6N2.C4H6O4.C2H3BO2.C2H4O2.Na/c1-2-3-11-32-24-28-22(25)20-13-19(31)16-30(23(20)29-24)15-18-8-6-7-17(12-18)14-27-21-9-4-5-10-26-21;1-2-3-7-26-19-21-17(20)16-9-15(25)11-23(18(16)22-19)10-13-5-4-6-14(8-13)12-24;6-5-3-1-2-4-7-5;1-3(5)7-8-4(2)6;1-2(4)5-3;1-2(3)4;/h4-10,12H,2-3,11,13-16H2,1H3,(H,26,27)(H2,25,28,29);4-6,8,12H,2-3,7,9-11H2,1H3,(H2,20,21,22);1-4H,(H2,6,7);1-2H3;1H3;1H3,(H,3,4);/q;;;;-1;;+1. The third kappa shape index (κ3) is 28.0. The molecule has 6 heterocycles. The molecule has 2 aliphatic heterocycles. The first-order valence-corrected chi connectivity index (χ1v) is 25.7. The first kappa shape index (κ1) is 70.4. The average molecular weight is 1150 g/mol. The minimum absolute atomic E-state index is 0. The molecule has 435 valence electrons. The number of nitrogens with one attached hydrogen (secondary N) is 1. The quantitative estimate of drug-likeness (QED) is 0.0306. The number of hydrogen-bond acceptors (Lipinski definition) is 24. The summed E-state index contributed by atoms with van der Waals surface area (Å²) in [6.45, 7) is 12.0. The van der Waals surface area contributed by atoms with Crippen LogP contribution in [0.2, 0.25) is 0 Å². The number of nitrogens with zero attached hydrogens (tertiary/aromatic N) is 8. The smallest absolute Gasteiger partial charge is 0.793 e. The Morgan fingerprint density at radius 2 is 1.11 bits per heavy atom. The molecule has 0 saturated heterocycles. The number of aldehydes is 1. The molecular formula is C56H69BN12NaO13. The molecule has 0 amide bonds. The van der Waals surface area contributed by atoms with Crippen LogP contribution >= 0.6 is 0 Å². The molecule has 27 heteroatoms. The van der Waals surface area contributed by atoms with Crippen LogP contribution in [0.15, 0.2) is 97.3 Å². The molecule has 0 bridgehead atoms. The van der Waals surface area contributed by atoms with Crippen molar-refractivity contribution in [2.75, 3.05) is 58.6 Å². The van der Waals surface area contributed by atoms with E-state index in [4.69, 9.17) is 36.6 Å². The molecule has 83 heavy (non-hydrogen) atoms. The molecule has 0 aliphatic carbocycles. The molecule has 6 aromatic rings. The van der Waals surface area contributed by atoms with Crippen LogP contribution in [-0.2, 0) is 75.7 Å². The number of hydrogen-bond donors (Lipinski definition) is 5. The zero-order valence-corrected chi connectivity index (χ0v) is 49.7. The third-order valence-corrected chi connectivity index (χ3v) is 10.6. The Balaban J connectivity index is 0.000000407. The van der Waals surface area contributed by atoms with Gasteiger partial charge in [-0.05, 0) is 59.9 Å². The van der Waals surface area contributed by atoms with Crippen LogP contribution < -0.4 is 71.3 Å². The van der Waals surface area contributed by atoms with E-state index in [1.807, 2.05) is 64.4 Å². The van der Waals surface area contributed by atoms with Gasteiger partial charge in [0, 0.05) is 89.3 Å². The summed E-state index contributed by atoms with van der Waals surface area (Å²) in [5, 5.41) is 10.7. The Hall–Kier alpha value is -8.75.